The smallest absolute Gasteiger partial charge is 0.465 e. The summed E-state index contributed by atoms with van der Waals surface area (Å²) in [5.74, 6) is -0.471. The van der Waals surface area contributed by atoms with E-state index >= 15 is 0 Å². The average Bonchev–Trinajstić information content (AvgIpc) is 2.65. The van der Waals surface area contributed by atoms with Crippen molar-refractivity contribution in [3.63, 3.8) is 0 Å². The molecule has 0 aliphatic heterocycles. The Morgan fingerprint density at radius 2 is 1.68 bits per heavy atom. The third kappa shape index (κ3) is 5.72. The number of methoxy groups -OCH3 is 1. The van der Waals surface area contributed by atoms with Crippen molar-refractivity contribution in [2.75, 3.05) is 13.8 Å². The molecule has 0 saturated carbocycles. The summed E-state index contributed by atoms with van der Waals surface area (Å²) >= 11 is 0. The summed E-state index contributed by atoms with van der Waals surface area (Å²) in [6.45, 7) is 1.95. The largest absolute Gasteiger partial charge is 0.485 e. The van der Waals surface area contributed by atoms with Crippen LogP contribution in [0, 0.1) is 6.92 Å². The molecular formula is C16H16BN6O2. The van der Waals surface area contributed by atoms with Gasteiger partial charge in [-0.3, -0.25) is 0 Å². The molecule has 0 unspecified atom stereocenters. The zero-order valence-electron chi connectivity index (χ0n) is 13.9. The number of ether oxygens (including phenoxy) is 1. The molecule has 125 valence electrons. The fourth-order valence-electron chi connectivity index (χ4n) is 1.84. The van der Waals surface area contributed by atoms with Gasteiger partial charge in [-0.1, -0.05) is 30.3 Å². The standard InChI is InChI=1S/C16H16BN6O2/c1-12-7-3-5-9-14(12)21-23-17-22-19-11-18-20-15-10-6-4-8-13(15)16(24)25-2/h3-10H,11H2,1-2H3/b20-18?,22-19+,23-21?. The van der Waals surface area contributed by atoms with Gasteiger partial charge in [0.05, 0.1) is 24.0 Å². The highest BCUT2D eigenvalue weighted by Gasteiger charge is 2.09. The van der Waals surface area contributed by atoms with E-state index in [1.807, 2.05) is 31.2 Å². The Labute approximate surface area is 146 Å². The highest BCUT2D eigenvalue weighted by molar-refractivity contribution is 6.29. The molecule has 0 N–H and O–H groups in total. The van der Waals surface area contributed by atoms with Gasteiger partial charge < -0.3 is 4.74 Å². The monoisotopic (exact) mass is 335 g/mol. The van der Waals surface area contributed by atoms with E-state index in [2.05, 4.69) is 35.2 Å². The molecule has 0 aromatic heterocycles. The molecule has 2 aromatic rings. The molecule has 0 atom stereocenters. The van der Waals surface area contributed by atoms with Crippen molar-refractivity contribution in [1.29, 1.82) is 0 Å². The Morgan fingerprint density at radius 1 is 0.960 bits per heavy atom. The summed E-state index contributed by atoms with van der Waals surface area (Å²) in [5.41, 5.74) is 2.54. The zero-order valence-corrected chi connectivity index (χ0v) is 13.9. The number of aryl methyl sites for hydroxylation is 1. The van der Waals surface area contributed by atoms with Crippen LogP contribution in [-0.4, -0.2) is 27.3 Å². The lowest BCUT2D eigenvalue weighted by molar-refractivity contribution is 0.0601. The van der Waals surface area contributed by atoms with E-state index in [1.165, 1.54) is 14.7 Å². The van der Waals surface area contributed by atoms with Crippen molar-refractivity contribution in [2.45, 2.75) is 6.92 Å². The highest BCUT2D eigenvalue weighted by atomic mass is 16.5. The molecule has 0 amide bonds. The van der Waals surface area contributed by atoms with Crippen molar-refractivity contribution in [3.05, 3.63) is 59.7 Å². The van der Waals surface area contributed by atoms with Crippen LogP contribution in [0.15, 0.2) is 79.0 Å². The first-order valence-corrected chi connectivity index (χ1v) is 7.42. The summed E-state index contributed by atoms with van der Waals surface area (Å²) < 4.78 is 4.68. The van der Waals surface area contributed by atoms with Crippen molar-refractivity contribution >= 4 is 24.9 Å². The molecular weight excluding hydrogens is 319 g/mol. The molecule has 0 saturated heterocycles. The fraction of sp³-hybridized carbons (Fsp3) is 0.188. The lowest BCUT2D eigenvalue weighted by atomic mass is 10.2. The zero-order chi connectivity index (χ0) is 17.9. The van der Waals surface area contributed by atoms with Crippen molar-refractivity contribution in [3.8, 4) is 0 Å². The lowest BCUT2D eigenvalue weighted by Crippen LogP contribution is -2.00. The topological polar surface area (TPSA) is 100 Å². The fourth-order valence-corrected chi connectivity index (χ4v) is 1.84. The first kappa shape index (κ1) is 18.1. The normalized spacial score (nSPS) is 11.4. The predicted octanol–water partition coefficient (Wildman–Crippen LogP) is 4.59. The van der Waals surface area contributed by atoms with Crippen molar-refractivity contribution in [1.82, 2.24) is 0 Å². The van der Waals surface area contributed by atoms with Gasteiger partial charge in [-0.25, -0.2) is 14.8 Å². The van der Waals surface area contributed by atoms with Gasteiger partial charge in [0.25, 0.3) is 0 Å². The van der Waals surface area contributed by atoms with E-state index in [0.717, 1.165) is 11.3 Å². The van der Waals surface area contributed by atoms with Crippen LogP contribution in [0.3, 0.4) is 0 Å². The average molecular weight is 335 g/mol. The minimum Gasteiger partial charge on any atom is -0.465 e. The number of nitrogens with zero attached hydrogens (tertiary/aromatic N) is 6. The molecule has 8 nitrogen and oxygen atoms in total. The van der Waals surface area contributed by atoms with Crippen LogP contribution in [0.1, 0.15) is 15.9 Å². The van der Waals surface area contributed by atoms with Gasteiger partial charge in [-0.2, -0.15) is 20.5 Å². The van der Waals surface area contributed by atoms with E-state index in [0.29, 0.717) is 11.3 Å². The van der Waals surface area contributed by atoms with Gasteiger partial charge in [0.2, 0.25) is 0 Å². The van der Waals surface area contributed by atoms with Crippen LogP contribution < -0.4 is 0 Å². The minimum absolute atomic E-state index is 0.00584. The molecule has 2 rings (SSSR count). The molecule has 0 aliphatic rings. The van der Waals surface area contributed by atoms with E-state index in [4.69, 9.17) is 0 Å². The first-order chi connectivity index (χ1) is 12.2. The van der Waals surface area contributed by atoms with Crippen LogP contribution in [0.4, 0.5) is 11.4 Å². The highest BCUT2D eigenvalue weighted by Crippen LogP contribution is 2.20. The number of esters is 1. The molecule has 0 aliphatic carbocycles. The number of carbonyl (C=O) groups excluding carboxylic acids is 1. The summed E-state index contributed by atoms with van der Waals surface area (Å²) in [6, 6.07) is 14.4. The van der Waals surface area contributed by atoms with Crippen LogP contribution in [-0.2, 0) is 4.74 Å². The van der Waals surface area contributed by atoms with Gasteiger partial charge >= 0.3 is 13.5 Å². The van der Waals surface area contributed by atoms with Gasteiger partial charge in [-0.15, -0.1) is 0 Å². The maximum atomic E-state index is 11.6. The molecule has 0 bridgehead atoms. The second kappa shape index (κ2) is 9.81. The molecule has 2 aromatic carbocycles. The molecule has 25 heavy (non-hydrogen) atoms. The van der Waals surface area contributed by atoms with E-state index in [9.17, 15) is 4.79 Å². The first-order valence-electron chi connectivity index (χ1n) is 7.42. The third-order valence-corrected chi connectivity index (χ3v) is 3.08. The van der Waals surface area contributed by atoms with E-state index in [1.54, 1.807) is 24.3 Å². The number of hydrogen-bond donors (Lipinski definition) is 0. The van der Waals surface area contributed by atoms with Crippen molar-refractivity contribution < 1.29 is 9.53 Å². The van der Waals surface area contributed by atoms with E-state index in [-0.39, 0.29) is 6.67 Å². The molecule has 0 fully saturated rings. The van der Waals surface area contributed by atoms with Crippen molar-refractivity contribution in [2.24, 2.45) is 30.5 Å². The summed E-state index contributed by atoms with van der Waals surface area (Å²) in [4.78, 5) is 11.6. The van der Waals surface area contributed by atoms with Crippen LogP contribution in [0.5, 0.6) is 0 Å². The molecule has 1 radical (unpaired) electrons. The minimum atomic E-state index is -0.471. The van der Waals surface area contributed by atoms with Crippen LogP contribution in [0.25, 0.3) is 0 Å². The van der Waals surface area contributed by atoms with Gasteiger partial charge in [0.15, 0.2) is 6.67 Å². The lowest BCUT2D eigenvalue weighted by Gasteiger charge is -2.01. The second-order valence-electron chi connectivity index (χ2n) is 4.77. The van der Waals surface area contributed by atoms with Gasteiger partial charge in [0, 0.05) is 0 Å². The van der Waals surface area contributed by atoms with E-state index < -0.39 is 5.97 Å². The summed E-state index contributed by atoms with van der Waals surface area (Å²) in [6.07, 6.45) is 0. The van der Waals surface area contributed by atoms with Gasteiger partial charge in [0.1, 0.15) is 0 Å². The number of azo groups is 1. The number of carbonyl (C=O) groups is 1. The maximum absolute atomic E-state index is 11.6. The summed E-state index contributed by atoms with van der Waals surface area (Å²) in [7, 11) is 2.54. The van der Waals surface area contributed by atoms with Crippen LogP contribution in [0.2, 0.25) is 0 Å². The Kier molecular flexibility index (Phi) is 7.11. The third-order valence-electron chi connectivity index (χ3n) is 3.08. The number of rotatable bonds is 7. The van der Waals surface area contributed by atoms with Crippen LogP contribution >= 0.6 is 0 Å². The Hall–Kier alpha value is -3.23. The molecule has 0 spiro atoms. The summed E-state index contributed by atoms with van der Waals surface area (Å²) in [5, 5.41) is 23.1. The number of benzene rings is 2. The Balaban J connectivity index is 1.83. The Morgan fingerprint density at radius 3 is 2.44 bits per heavy atom. The quantitative estimate of drug-likeness (QED) is 0.420. The SMILES string of the molecule is COC(=O)c1ccccc1N=NC/N=N/[B]N=Nc1ccccc1C. The predicted molar refractivity (Wildman–Crippen MR) is 93.5 cm³/mol. The second-order valence-corrected chi connectivity index (χ2v) is 4.77. The Bertz CT molecular complexity index is 807. The number of hydrogen-bond acceptors (Lipinski definition) is 8. The maximum Gasteiger partial charge on any atom is 0.485 e. The van der Waals surface area contributed by atoms with Gasteiger partial charge in [-0.05, 0) is 30.7 Å². The molecule has 0 heterocycles. The molecule has 9 heteroatoms.